The minimum absolute atomic E-state index is 0.000505. The molecule has 28 heavy (non-hydrogen) atoms. The molecule has 0 fully saturated rings. The van der Waals surface area contributed by atoms with Gasteiger partial charge in [0, 0.05) is 24.5 Å². The number of hydrogen-bond donors (Lipinski definition) is 1. The number of nitrogens with zero attached hydrogens (tertiary/aromatic N) is 4. The molecule has 1 N–H and O–H groups in total. The summed E-state index contributed by atoms with van der Waals surface area (Å²) in [6.07, 6.45) is 1.41. The number of fused-ring (bicyclic) bond motifs is 1. The molecule has 0 aliphatic carbocycles. The molecule has 1 aromatic heterocycles. The van der Waals surface area contributed by atoms with Crippen LogP contribution in [-0.4, -0.2) is 42.9 Å². The van der Waals surface area contributed by atoms with Crippen LogP contribution in [0.5, 0.6) is 0 Å². The van der Waals surface area contributed by atoms with Crippen LogP contribution in [0.4, 0.5) is 11.6 Å². The van der Waals surface area contributed by atoms with Crippen LogP contribution in [0.1, 0.15) is 16.8 Å². The van der Waals surface area contributed by atoms with Crippen molar-refractivity contribution in [1.29, 1.82) is 0 Å². The zero-order valence-electron chi connectivity index (χ0n) is 15.3. The number of carbonyl (C=O) groups is 2. The predicted octanol–water partition coefficient (Wildman–Crippen LogP) is 0.942. The molecule has 0 saturated carbocycles. The minimum Gasteiger partial charge on any atom is -0.463 e. The van der Waals surface area contributed by atoms with Crippen molar-refractivity contribution < 1.29 is 22.7 Å². The van der Waals surface area contributed by atoms with Crippen LogP contribution in [0.3, 0.4) is 0 Å². The lowest BCUT2D eigenvalue weighted by Gasteiger charge is -2.26. The normalized spacial score (nSPS) is 16.6. The molecular weight excluding hydrogens is 386 g/mol. The number of aryl methyl sites for hydroxylation is 2. The molecule has 0 unspecified atom stereocenters. The number of rotatable bonds is 5. The third kappa shape index (κ3) is 3.43. The number of amides is 1. The maximum atomic E-state index is 12.9. The molecule has 2 aromatic rings. The molecule has 2 heterocycles. The van der Waals surface area contributed by atoms with Crippen molar-refractivity contribution in [2.24, 2.45) is 5.10 Å². The number of benzene rings is 1. The fraction of sp³-hybridized carbons (Fsp3) is 0.235. The Bertz CT molecular complexity index is 1100. The highest BCUT2D eigenvalue weighted by atomic mass is 32.2. The Morgan fingerprint density at radius 3 is 2.75 bits per heavy atom. The third-order valence-corrected chi connectivity index (χ3v) is 5.83. The molecule has 10 nitrogen and oxygen atoms in total. The number of ether oxygens (including phenoxy) is 1. The van der Waals surface area contributed by atoms with Crippen LogP contribution in [0.2, 0.25) is 0 Å². The monoisotopic (exact) mass is 403 g/mol. The van der Waals surface area contributed by atoms with E-state index in [1.165, 1.54) is 24.2 Å². The first-order chi connectivity index (χ1) is 13.3. The smallest absolute Gasteiger partial charge is 0.293 e. The molecule has 0 spiro atoms. The summed E-state index contributed by atoms with van der Waals surface area (Å²) < 4.78 is 30.4. The van der Waals surface area contributed by atoms with E-state index < -0.39 is 20.8 Å². The summed E-state index contributed by atoms with van der Waals surface area (Å²) >= 11 is 0. The summed E-state index contributed by atoms with van der Waals surface area (Å²) in [5, 5.41) is 3.12. The van der Waals surface area contributed by atoms with Crippen molar-refractivity contribution >= 4 is 38.9 Å². The largest absolute Gasteiger partial charge is 0.463 e. The lowest BCUT2D eigenvalue weighted by atomic mass is 10.2. The molecule has 1 aliphatic rings. The van der Waals surface area contributed by atoms with Gasteiger partial charge in [0.2, 0.25) is 20.8 Å². The van der Waals surface area contributed by atoms with Gasteiger partial charge in [0.1, 0.15) is 6.61 Å². The molecular formula is C17H17N5O5S. The Kier molecular flexibility index (Phi) is 5.10. The number of nitrogens with one attached hydrogen (secondary N) is 1. The molecule has 1 amide bonds. The van der Waals surface area contributed by atoms with Crippen molar-refractivity contribution in [2.45, 2.75) is 25.3 Å². The second kappa shape index (κ2) is 7.35. The van der Waals surface area contributed by atoms with Gasteiger partial charge in [0.25, 0.3) is 12.4 Å². The fourth-order valence-electron chi connectivity index (χ4n) is 2.61. The van der Waals surface area contributed by atoms with Crippen molar-refractivity contribution in [3.63, 3.8) is 0 Å². The van der Waals surface area contributed by atoms with E-state index in [4.69, 9.17) is 0 Å². The van der Waals surface area contributed by atoms with Crippen molar-refractivity contribution in [3.8, 4) is 0 Å². The average molecular weight is 403 g/mol. The highest BCUT2D eigenvalue weighted by Crippen LogP contribution is 2.32. The molecule has 0 atom stereocenters. The molecule has 3 rings (SSSR count). The number of sulfone groups is 1. The van der Waals surface area contributed by atoms with E-state index in [9.17, 15) is 18.0 Å². The Morgan fingerprint density at radius 2 is 2.07 bits per heavy atom. The lowest BCUT2D eigenvalue weighted by Crippen LogP contribution is -2.43. The minimum atomic E-state index is -4.11. The van der Waals surface area contributed by atoms with E-state index >= 15 is 0 Å². The van der Waals surface area contributed by atoms with E-state index in [-0.39, 0.29) is 17.5 Å². The van der Waals surface area contributed by atoms with Crippen LogP contribution >= 0.6 is 0 Å². The van der Waals surface area contributed by atoms with Crippen LogP contribution in [0, 0.1) is 13.8 Å². The summed E-state index contributed by atoms with van der Waals surface area (Å²) in [6, 6.07) is 4.80. The van der Waals surface area contributed by atoms with E-state index in [1.807, 2.05) is 0 Å². The second-order valence-electron chi connectivity index (χ2n) is 6.08. The molecule has 0 radical (unpaired) electrons. The van der Waals surface area contributed by atoms with E-state index in [0.29, 0.717) is 23.4 Å². The second-order valence-corrected chi connectivity index (χ2v) is 7.91. The highest BCUT2D eigenvalue weighted by molar-refractivity contribution is 8.08. The van der Waals surface area contributed by atoms with E-state index in [2.05, 4.69) is 25.2 Å². The summed E-state index contributed by atoms with van der Waals surface area (Å²) in [6.45, 7) is 3.75. The summed E-state index contributed by atoms with van der Waals surface area (Å²) in [5.74, 6) is -0.767. The number of anilines is 2. The SMILES string of the molecule is Cc1ccc2c(c1)S(=O)(=O)C(=NNc1ncc(COC=O)c(C)n1)C(=O)N2C. The van der Waals surface area contributed by atoms with E-state index in [0.717, 1.165) is 5.56 Å². The predicted molar refractivity (Wildman–Crippen MR) is 100 cm³/mol. The summed E-state index contributed by atoms with van der Waals surface area (Å²) in [5.41, 5.74) is 4.54. The van der Waals surface area contributed by atoms with Crippen LogP contribution < -0.4 is 10.3 Å². The molecule has 11 heteroatoms. The van der Waals surface area contributed by atoms with Gasteiger partial charge in [-0.05, 0) is 31.5 Å². The van der Waals surface area contributed by atoms with Crippen LogP contribution in [0.25, 0.3) is 0 Å². The van der Waals surface area contributed by atoms with E-state index in [1.54, 1.807) is 26.0 Å². The number of aromatic nitrogens is 2. The highest BCUT2D eigenvalue weighted by Gasteiger charge is 2.40. The van der Waals surface area contributed by atoms with Gasteiger partial charge in [-0.25, -0.2) is 23.8 Å². The van der Waals surface area contributed by atoms with Crippen molar-refractivity contribution in [2.75, 3.05) is 17.4 Å². The van der Waals surface area contributed by atoms with Crippen LogP contribution in [-0.2, 0) is 30.8 Å². The van der Waals surface area contributed by atoms with Crippen LogP contribution in [0.15, 0.2) is 34.4 Å². The first kappa shape index (κ1) is 19.4. The average Bonchev–Trinajstić information content (AvgIpc) is 2.65. The zero-order valence-corrected chi connectivity index (χ0v) is 16.1. The van der Waals surface area contributed by atoms with Gasteiger partial charge in [0.15, 0.2) is 0 Å². The quantitative estimate of drug-likeness (QED) is 0.576. The Hall–Kier alpha value is -3.34. The topological polar surface area (TPSA) is 131 Å². The number of carbonyl (C=O) groups excluding carboxylic acids is 2. The molecule has 146 valence electrons. The van der Waals surface area contributed by atoms with Gasteiger partial charge in [0.05, 0.1) is 10.6 Å². The van der Waals surface area contributed by atoms with Crippen molar-refractivity contribution in [3.05, 3.63) is 41.2 Å². The van der Waals surface area contributed by atoms with Crippen molar-refractivity contribution in [1.82, 2.24) is 9.97 Å². The zero-order chi connectivity index (χ0) is 20.5. The Balaban J connectivity index is 1.95. The molecule has 1 aromatic carbocycles. The molecule has 1 aliphatic heterocycles. The Labute approximate surface area is 161 Å². The summed E-state index contributed by atoms with van der Waals surface area (Å²) in [7, 11) is -2.63. The van der Waals surface area contributed by atoms with Gasteiger partial charge < -0.3 is 9.64 Å². The Morgan fingerprint density at radius 1 is 1.32 bits per heavy atom. The van der Waals surface area contributed by atoms with Gasteiger partial charge >= 0.3 is 0 Å². The maximum Gasteiger partial charge on any atom is 0.293 e. The van der Waals surface area contributed by atoms with Gasteiger partial charge in [-0.15, -0.1) is 0 Å². The molecule has 0 bridgehead atoms. The first-order valence-electron chi connectivity index (χ1n) is 8.11. The first-order valence-corrected chi connectivity index (χ1v) is 9.59. The number of hydrazone groups is 1. The fourth-order valence-corrected chi connectivity index (χ4v) is 4.17. The van der Waals surface area contributed by atoms with Gasteiger partial charge in [-0.2, -0.15) is 5.10 Å². The van der Waals surface area contributed by atoms with Gasteiger partial charge in [-0.1, -0.05) is 6.07 Å². The number of hydrogen-bond acceptors (Lipinski definition) is 9. The third-order valence-electron chi connectivity index (χ3n) is 4.15. The summed E-state index contributed by atoms with van der Waals surface area (Å²) in [4.78, 5) is 32.1. The van der Waals surface area contributed by atoms with Gasteiger partial charge in [-0.3, -0.25) is 9.59 Å². The lowest BCUT2D eigenvalue weighted by molar-refractivity contribution is -0.129. The standard InChI is InChI=1S/C17H17N5O5S/c1-10-4-5-13-14(6-10)28(25,26)15(16(24)22(13)3)20-21-17-18-7-12(8-27-9-23)11(2)19-17/h4-7,9H,8H2,1-3H3,(H,18,19,21). The maximum absolute atomic E-state index is 12.9. The molecule has 0 saturated heterocycles.